The Labute approximate surface area is 226 Å². The predicted octanol–water partition coefficient (Wildman–Crippen LogP) is 4.62. The standard InChI is InChI=1S/C27H38ClN3O5S/c1-7-23(26(33)29-27(2,3)4)30(19-20-12-9-8-10-13-20)25(32)14-11-17-31(37(6,34)35)21-15-16-24(36-5)22(28)18-21/h8-10,12-13,15-16,18,23H,7,11,14,17,19H2,1-6H3,(H,29,33)/t23-/m0/s1. The molecule has 2 rings (SSSR count). The maximum Gasteiger partial charge on any atom is 0.243 e. The molecule has 37 heavy (non-hydrogen) atoms. The number of carbonyl (C=O) groups is 2. The van der Waals surface area contributed by atoms with Gasteiger partial charge in [-0.2, -0.15) is 0 Å². The van der Waals surface area contributed by atoms with Crippen molar-refractivity contribution in [3.05, 3.63) is 59.1 Å². The van der Waals surface area contributed by atoms with E-state index in [0.717, 1.165) is 11.8 Å². The lowest BCUT2D eigenvalue weighted by Gasteiger charge is -2.33. The highest BCUT2D eigenvalue weighted by atomic mass is 35.5. The van der Waals surface area contributed by atoms with Crippen molar-refractivity contribution in [2.24, 2.45) is 0 Å². The van der Waals surface area contributed by atoms with Crippen molar-refractivity contribution in [1.29, 1.82) is 0 Å². The van der Waals surface area contributed by atoms with E-state index < -0.39 is 21.6 Å². The average Bonchev–Trinajstić information content (AvgIpc) is 2.80. The molecule has 1 atom stereocenters. The van der Waals surface area contributed by atoms with E-state index in [2.05, 4.69) is 5.32 Å². The summed E-state index contributed by atoms with van der Waals surface area (Å²) in [6, 6.07) is 13.6. The zero-order valence-corrected chi connectivity index (χ0v) is 24.0. The van der Waals surface area contributed by atoms with E-state index in [1.165, 1.54) is 17.5 Å². The predicted molar refractivity (Wildman–Crippen MR) is 148 cm³/mol. The highest BCUT2D eigenvalue weighted by Gasteiger charge is 2.30. The van der Waals surface area contributed by atoms with Crippen molar-refractivity contribution in [2.75, 3.05) is 24.2 Å². The van der Waals surface area contributed by atoms with Crippen molar-refractivity contribution in [2.45, 2.75) is 65.1 Å². The van der Waals surface area contributed by atoms with Gasteiger partial charge in [-0.05, 0) is 57.4 Å². The number of sulfonamides is 1. The Morgan fingerprint density at radius 3 is 2.27 bits per heavy atom. The number of nitrogens with zero attached hydrogens (tertiary/aromatic N) is 2. The quantitative estimate of drug-likeness (QED) is 0.415. The molecule has 0 aliphatic rings. The first-order chi connectivity index (χ1) is 17.3. The summed E-state index contributed by atoms with van der Waals surface area (Å²) in [6.07, 6.45) is 1.89. The molecule has 0 fully saturated rings. The molecule has 2 aromatic rings. The molecule has 8 nitrogen and oxygen atoms in total. The van der Waals surface area contributed by atoms with Crippen LogP contribution in [0.4, 0.5) is 5.69 Å². The van der Waals surface area contributed by atoms with E-state index >= 15 is 0 Å². The number of rotatable bonds is 12. The molecule has 0 unspecified atom stereocenters. The van der Waals surface area contributed by atoms with Crippen LogP contribution in [0.25, 0.3) is 0 Å². The van der Waals surface area contributed by atoms with E-state index in [4.69, 9.17) is 16.3 Å². The molecule has 0 saturated carbocycles. The number of anilines is 1. The molecule has 0 spiro atoms. The summed E-state index contributed by atoms with van der Waals surface area (Å²) < 4.78 is 31.4. The smallest absolute Gasteiger partial charge is 0.243 e. The van der Waals surface area contributed by atoms with E-state index in [1.807, 2.05) is 58.0 Å². The van der Waals surface area contributed by atoms with Crippen LogP contribution in [0.3, 0.4) is 0 Å². The zero-order valence-electron chi connectivity index (χ0n) is 22.5. The van der Waals surface area contributed by atoms with Gasteiger partial charge in [0, 0.05) is 25.0 Å². The molecule has 2 aromatic carbocycles. The number of methoxy groups -OCH3 is 1. The first kappa shape index (κ1) is 30.4. The van der Waals surface area contributed by atoms with Gasteiger partial charge in [0.2, 0.25) is 21.8 Å². The second-order valence-corrected chi connectivity index (χ2v) is 12.2. The van der Waals surface area contributed by atoms with Gasteiger partial charge in [-0.1, -0.05) is 48.9 Å². The van der Waals surface area contributed by atoms with Gasteiger partial charge >= 0.3 is 0 Å². The molecular weight excluding hydrogens is 514 g/mol. The van der Waals surface area contributed by atoms with Crippen LogP contribution in [-0.4, -0.2) is 56.6 Å². The SMILES string of the molecule is CC[C@@H](C(=O)NC(C)(C)C)N(Cc1ccccc1)C(=O)CCCN(c1ccc(OC)c(Cl)c1)S(C)(=O)=O. The summed E-state index contributed by atoms with van der Waals surface area (Å²) >= 11 is 6.21. The van der Waals surface area contributed by atoms with Gasteiger partial charge in [-0.3, -0.25) is 13.9 Å². The largest absolute Gasteiger partial charge is 0.495 e. The third-order valence-corrected chi connectivity index (χ3v) is 7.14. The number of carbonyl (C=O) groups excluding carboxylic acids is 2. The Morgan fingerprint density at radius 1 is 1.11 bits per heavy atom. The number of ether oxygens (including phenoxy) is 1. The van der Waals surface area contributed by atoms with Crippen molar-refractivity contribution in [3.63, 3.8) is 0 Å². The van der Waals surface area contributed by atoms with E-state index in [-0.39, 0.29) is 42.8 Å². The summed E-state index contributed by atoms with van der Waals surface area (Å²) in [5, 5.41) is 3.27. The number of hydrogen-bond acceptors (Lipinski definition) is 5. The molecule has 0 bridgehead atoms. The fourth-order valence-corrected chi connectivity index (χ4v) is 5.18. The highest BCUT2D eigenvalue weighted by molar-refractivity contribution is 7.92. The summed E-state index contributed by atoms with van der Waals surface area (Å²) in [4.78, 5) is 28.1. The van der Waals surface area contributed by atoms with Crippen LogP contribution in [0.1, 0.15) is 52.5 Å². The molecule has 0 radical (unpaired) electrons. The molecule has 0 aromatic heterocycles. The second-order valence-electron chi connectivity index (χ2n) is 9.93. The number of nitrogens with one attached hydrogen (secondary N) is 1. The van der Waals surface area contributed by atoms with Crippen molar-refractivity contribution < 1.29 is 22.7 Å². The molecule has 10 heteroatoms. The molecule has 0 heterocycles. The molecule has 0 saturated heterocycles. The zero-order chi connectivity index (χ0) is 27.8. The fraction of sp³-hybridized carbons (Fsp3) is 0.481. The topological polar surface area (TPSA) is 96.0 Å². The Hall–Kier alpha value is -2.78. The summed E-state index contributed by atoms with van der Waals surface area (Å²) in [7, 11) is -2.15. The number of halogens is 1. The van der Waals surface area contributed by atoms with E-state index in [9.17, 15) is 18.0 Å². The number of amides is 2. The van der Waals surface area contributed by atoms with E-state index in [0.29, 0.717) is 17.9 Å². The lowest BCUT2D eigenvalue weighted by atomic mass is 10.0. The molecule has 204 valence electrons. The molecule has 0 aliphatic carbocycles. The van der Waals surface area contributed by atoms with Gasteiger partial charge in [-0.25, -0.2) is 8.42 Å². The van der Waals surface area contributed by atoms with Gasteiger partial charge in [0.1, 0.15) is 11.8 Å². The molecule has 1 N–H and O–H groups in total. The van der Waals surface area contributed by atoms with Gasteiger partial charge in [-0.15, -0.1) is 0 Å². The Bertz CT molecular complexity index is 1170. The summed E-state index contributed by atoms with van der Waals surface area (Å²) in [6.45, 7) is 7.92. The lowest BCUT2D eigenvalue weighted by Crippen LogP contribution is -2.53. The third kappa shape index (κ3) is 9.23. The van der Waals surface area contributed by atoms with Gasteiger partial charge in [0.25, 0.3) is 0 Å². The number of benzene rings is 2. The van der Waals surface area contributed by atoms with Gasteiger partial charge in [0.15, 0.2) is 0 Å². The Kier molecular flexibility index (Phi) is 10.8. The van der Waals surface area contributed by atoms with Crippen LogP contribution in [0.5, 0.6) is 5.75 Å². The van der Waals surface area contributed by atoms with Crippen LogP contribution in [-0.2, 0) is 26.2 Å². The fourth-order valence-electron chi connectivity index (χ4n) is 3.97. The van der Waals surface area contributed by atoms with Crippen molar-refractivity contribution >= 4 is 39.1 Å². The van der Waals surface area contributed by atoms with E-state index in [1.54, 1.807) is 17.0 Å². The third-order valence-electron chi connectivity index (χ3n) is 5.66. The van der Waals surface area contributed by atoms with Crippen LogP contribution >= 0.6 is 11.6 Å². The minimum absolute atomic E-state index is 0.0715. The molecule has 2 amide bonds. The van der Waals surface area contributed by atoms with Gasteiger partial charge < -0.3 is 15.0 Å². The highest BCUT2D eigenvalue weighted by Crippen LogP contribution is 2.30. The van der Waals surface area contributed by atoms with Crippen LogP contribution < -0.4 is 14.4 Å². The minimum atomic E-state index is -3.63. The Morgan fingerprint density at radius 2 is 1.76 bits per heavy atom. The first-order valence-corrected chi connectivity index (χ1v) is 14.5. The molecular formula is C27H38ClN3O5S. The minimum Gasteiger partial charge on any atom is -0.495 e. The second kappa shape index (κ2) is 13.1. The molecule has 0 aliphatic heterocycles. The van der Waals surface area contributed by atoms with Crippen LogP contribution in [0, 0.1) is 0 Å². The number of hydrogen-bond donors (Lipinski definition) is 1. The monoisotopic (exact) mass is 551 g/mol. The Balaban J connectivity index is 2.23. The van der Waals surface area contributed by atoms with Gasteiger partial charge in [0.05, 0.1) is 24.1 Å². The first-order valence-electron chi connectivity index (χ1n) is 12.2. The van der Waals surface area contributed by atoms with Crippen molar-refractivity contribution in [1.82, 2.24) is 10.2 Å². The average molecular weight is 552 g/mol. The van der Waals surface area contributed by atoms with Crippen LogP contribution in [0.15, 0.2) is 48.5 Å². The lowest BCUT2D eigenvalue weighted by molar-refractivity contribution is -0.142. The summed E-state index contributed by atoms with van der Waals surface area (Å²) in [5.41, 5.74) is 0.850. The van der Waals surface area contributed by atoms with Crippen LogP contribution in [0.2, 0.25) is 5.02 Å². The van der Waals surface area contributed by atoms with Crippen molar-refractivity contribution in [3.8, 4) is 5.75 Å². The summed E-state index contributed by atoms with van der Waals surface area (Å²) in [5.74, 6) is -0.00404. The maximum absolute atomic E-state index is 13.5. The maximum atomic E-state index is 13.5. The normalized spacial score (nSPS) is 12.5.